The second-order valence-electron chi connectivity index (χ2n) is 6.74. The lowest BCUT2D eigenvalue weighted by atomic mass is 10.1. The normalized spacial score (nSPS) is 19.8. The fourth-order valence-corrected chi connectivity index (χ4v) is 5.32. The summed E-state index contributed by atoms with van der Waals surface area (Å²) in [7, 11) is -7.91. The Morgan fingerprint density at radius 1 is 1.23 bits per heavy atom. The highest BCUT2D eigenvalue weighted by Gasteiger charge is 2.35. The van der Waals surface area contributed by atoms with Crippen molar-refractivity contribution in [2.75, 3.05) is 18.1 Å². The van der Waals surface area contributed by atoms with Crippen LogP contribution in [0.5, 0.6) is 0 Å². The molecule has 1 aromatic carbocycles. The summed E-state index contributed by atoms with van der Waals surface area (Å²) in [5.74, 6) is -3.97. The molecule has 0 aliphatic carbocycles. The van der Waals surface area contributed by atoms with Crippen LogP contribution in [0.4, 0.5) is 8.78 Å². The number of sulfone groups is 2. The minimum absolute atomic E-state index is 0.0190. The summed E-state index contributed by atoms with van der Waals surface area (Å²) >= 11 is 0. The number of benzene rings is 1. The quantitative estimate of drug-likeness (QED) is 0.717. The summed E-state index contributed by atoms with van der Waals surface area (Å²) in [4.78, 5) is 13.7. The average Bonchev–Trinajstić information content (AvgIpc) is 2.91. The molecular weight excluding hydrogens is 388 g/mol. The number of carbonyl (C=O) groups excluding carboxylic acids is 1. The summed E-state index contributed by atoms with van der Waals surface area (Å²) in [6, 6.07) is 3.84. The summed E-state index contributed by atoms with van der Waals surface area (Å²) in [6.45, 7) is 4.13. The molecule has 1 unspecified atom stereocenters. The van der Waals surface area contributed by atoms with Crippen LogP contribution in [-0.2, 0) is 19.7 Å². The van der Waals surface area contributed by atoms with Gasteiger partial charge in [-0.05, 0) is 36.6 Å². The van der Waals surface area contributed by atoms with Crippen LogP contribution >= 0.6 is 0 Å². The van der Waals surface area contributed by atoms with E-state index in [1.165, 1.54) is 17.0 Å². The zero-order valence-electron chi connectivity index (χ0n) is 14.4. The van der Waals surface area contributed by atoms with Crippen LogP contribution in [0.2, 0.25) is 0 Å². The molecule has 1 amide bonds. The summed E-state index contributed by atoms with van der Waals surface area (Å²) < 4.78 is 71.6. The van der Waals surface area contributed by atoms with E-state index in [1.807, 2.05) is 13.8 Å². The molecule has 0 aromatic heterocycles. The number of hydrogen-bond donors (Lipinski definition) is 0. The van der Waals surface area contributed by atoms with Crippen molar-refractivity contribution in [1.29, 1.82) is 0 Å². The van der Waals surface area contributed by atoms with Gasteiger partial charge in [0.2, 0.25) is 9.84 Å². The number of nitrogens with zero attached hydrogens (tertiary/aromatic N) is 1. The van der Waals surface area contributed by atoms with E-state index in [1.54, 1.807) is 0 Å². The van der Waals surface area contributed by atoms with Crippen LogP contribution < -0.4 is 0 Å². The highest BCUT2D eigenvalue weighted by Crippen LogP contribution is 2.23. The van der Waals surface area contributed by atoms with Crippen molar-refractivity contribution in [3.05, 3.63) is 29.8 Å². The van der Waals surface area contributed by atoms with Gasteiger partial charge < -0.3 is 4.90 Å². The SMILES string of the molecule is CC(C)CN(C(=O)c1ccc(S(=O)(=O)C(F)F)cc1)C1CCS(=O)(=O)C1. The van der Waals surface area contributed by atoms with Gasteiger partial charge in [-0.3, -0.25) is 4.79 Å². The first-order chi connectivity index (χ1) is 11.9. The largest absolute Gasteiger partial charge is 0.341 e. The second-order valence-corrected chi connectivity index (χ2v) is 10.9. The van der Waals surface area contributed by atoms with Gasteiger partial charge in [-0.1, -0.05) is 13.8 Å². The lowest BCUT2D eigenvalue weighted by molar-refractivity contribution is 0.0672. The smallest absolute Gasteiger partial charge is 0.334 e. The second kappa shape index (κ2) is 7.59. The van der Waals surface area contributed by atoms with Gasteiger partial charge in [0, 0.05) is 18.2 Å². The van der Waals surface area contributed by atoms with Gasteiger partial charge in [0.1, 0.15) is 0 Å². The number of hydrogen-bond acceptors (Lipinski definition) is 5. The molecule has 2 rings (SSSR count). The Morgan fingerprint density at radius 2 is 1.81 bits per heavy atom. The lowest BCUT2D eigenvalue weighted by Gasteiger charge is -2.30. The van der Waals surface area contributed by atoms with Crippen molar-refractivity contribution in [2.45, 2.75) is 37.0 Å². The third-order valence-corrected chi connectivity index (χ3v) is 7.28. The molecular formula is C16H21F2NO5S2. The maximum absolute atomic E-state index is 12.8. The van der Waals surface area contributed by atoms with Crippen molar-refractivity contribution in [3.63, 3.8) is 0 Å². The predicted octanol–water partition coefficient (Wildman–Crippen LogP) is 1.97. The Balaban J connectivity index is 2.28. The van der Waals surface area contributed by atoms with Gasteiger partial charge in [-0.15, -0.1) is 0 Å². The van der Waals surface area contributed by atoms with Crippen molar-refractivity contribution in [2.24, 2.45) is 5.92 Å². The molecule has 0 spiro atoms. The maximum atomic E-state index is 12.8. The Bertz CT molecular complexity index is 864. The van der Waals surface area contributed by atoms with Crippen LogP contribution in [0.3, 0.4) is 0 Å². The van der Waals surface area contributed by atoms with E-state index in [2.05, 4.69) is 0 Å². The average molecular weight is 409 g/mol. The highest BCUT2D eigenvalue weighted by atomic mass is 32.2. The van der Waals surface area contributed by atoms with Crippen molar-refractivity contribution in [3.8, 4) is 0 Å². The molecule has 146 valence electrons. The Kier molecular flexibility index (Phi) is 6.06. The molecule has 1 aliphatic heterocycles. The van der Waals surface area contributed by atoms with E-state index in [4.69, 9.17) is 0 Å². The highest BCUT2D eigenvalue weighted by molar-refractivity contribution is 7.92. The molecule has 26 heavy (non-hydrogen) atoms. The van der Waals surface area contributed by atoms with Crippen LogP contribution in [-0.4, -0.2) is 57.5 Å². The van der Waals surface area contributed by atoms with E-state index < -0.39 is 42.3 Å². The molecule has 1 saturated heterocycles. The van der Waals surface area contributed by atoms with Crippen molar-refractivity contribution < 1.29 is 30.4 Å². The standard InChI is InChI=1S/C16H21F2NO5S2/c1-11(2)9-19(13-7-8-25(21,22)10-13)15(20)12-3-5-14(6-4-12)26(23,24)16(17)18/h3-6,11,13,16H,7-10H2,1-2H3. The van der Waals surface area contributed by atoms with Crippen molar-refractivity contribution in [1.82, 2.24) is 4.90 Å². The van der Waals surface area contributed by atoms with Gasteiger partial charge in [0.15, 0.2) is 9.84 Å². The topological polar surface area (TPSA) is 88.6 Å². The van der Waals surface area contributed by atoms with Crippen LogP contribution in [0, 0.1) is 5.92 Å². The van der Waals surface area contributed by atoms with E-state index >= 15 is 0 Å². The molecule has 0 saturated carbocycles. The molecule has 1 aliphatic rings. The van der Waals surface area contributed by atoms with Crippen LogP contribution in [0.25, 0.3) is 0 Å². The molecule has 6 nitrogen and oxygen atoms in total. The van der Waals surface area contributed by atoms with Crippen LogP contribution in [0.15, 0.2) is 29.2 Å². The number of alkyl halides is 2. The zero-order valence-corrected chi connectivity index (χ0v) is 16.1. The van der Waals surface area contributed by atoms with Gasteiger partial charge >= 0.3 is 5.76 Å². The molecule has 0 radical (unpaired) electrons. The molecule has 1 aromatic rings. The third kappa shape index (κ3) is 4.59. The van der Waals surface area contributed by atoms with Gasteiger partial charge in [-0.25, -0.2) is 16.8 Å². The number of carbonyl (C=O) groups is 1. The van der Waals surface area contributed by atoms with E-state index in [0.717, 1.165) is 12.1 Å². The first-order valence-electron chi connectivity index (χ1n) is 8.07. The maximum Gasteiger partial charge on any atom is 0.341 e. The zero-order chi connectivity index (χ0) is 19.7. The minimum atomic E-state index is -4.73. The monoisotopic (exact) mass is 409 g/mol. The van der Waals surface area contributed by atoms with E-state index in [-0.39, 0.29) is 23.0 Å². The molecule has 0 N–H and O–H groups in total. The van der Waals surface area contributed by atoms with Gasteiger partial charge in [0.25, 0.3) is 5.91 Å². The minimum Gasteiger partial charge on any atom is -0.334 e. The number of halogens is 2. The molecule has 10 heteroatoms. The first-order valence-corrected chi connectivity index (χ1v) is 11.4. The molecule has 0 bridgehead atoms. The number of amides is 1. The van der Waals surface area contributed by atoms with Gasteiger partial charge in [0.05, 0.1) is 16.4 Å². The predicted molar refractivity (Wildman–Crippen MR) is 92.6 cm³/mol. The first kappa shape index (κ1) is 20.8. The van der Waals surface area contributed by atoms with Crippen LogP contribution in [0.1, 0.15) is 30.6 Å². The summed E-state index contributed by atoms with van der Waals surface area (Å²) in [5.41, 5.74) is 0.128. The van der Waals surface area contributed by atoms with Gasteiger partial charge in [-0.2, -0.15) is 8.78 Å². The summed E-state index contributed by atoms with van der Waals surface area (Å²) in [5, 5.41) is 0. The third-order valence-electron chi connectivity index (χ3n) is 4.14. The molecule has 1 fully saturated rings. The Hall–Kier alpha value is -1.55. The lowest BCUT2D eigenvalue weighted by Crippen LogP contribution is -2.43. The fraction of sp³-hybridized carbons (Fsp3) is 0.562. The number of rotatable bonds is 6. The molecule has 1 atom stereocenters. The molecule has 1 heterocycles. The Morgan fingerprint density at radius 3 is 2.23 bits per heavy atom. The Labute approximate surface area is 152 Å². The fourth-order valence-electron chi connectivity index (χ4n) is 2.87. The van der Waals surface area contributed by atoms with E-state index in [0.29, 0.717) is 13.0 Å². The van der Waals surface area contributed by atoms with Crippen molar-refractivity contribution >= 4 is 25.6 Å². The summed E-state index contributed by atoms with van der Waals surface area (Å²) in [6.07, 6.45) is 0.346. The van der Waals surface area contributed by atoms with E-state index in [9.17, 15) is 30.4 Å².